The van der Waals surface area contributed by atoms with Gasteiger partial charge in [-0.3, -0.25) is 4.79 Å². The first kappa shape index (κ1) is 17.4. The molecular formula is C19H17BrFN3O. The molecule has 0 saturated heterocycles. The summed E-state index contributed by atoms with van der Waals surface area (Å²) in [4.78, 5) is 12.4. The number of nitrogens with zero attached hydrogens (tertiary/aromatic N) is 2. The van der Waals surface area contributed by atoms with Crippen LogP contribution in [0.4, 0.5) is 4.39 Å². The van der Waals surface area contributed by atoms with Crippen LogP contribution in [0, 0.1) is 12.7 Å². The third-order valence-corrected chi connectivity index (χ3v) is 4.51. The van der Waals surface area contributed by atoms with Crippen molar-refractivity contribution >= 4 is 21.8 Å². The molecule has 0 fully saturated rings. The van der Waals surface area contributed by atoms with Gasteiger partial charge in [0.15, 0.2) is 0 Å². The molecule has 0 bridgehead atoms. The summed E-state index contributed by atoms with van der Waals surface area (Å²) in [6, 6.07) is 13.2. The second-order valence-corrected chi connectivity index (χ2v) is 6.69. The van der Waals surface area contributed by atoms with Crippen LogP contribution in [0.5, 0.6) is 0 Å². The van der Waals surface area contributed by atoms with Gasteiger partial charge in [-0.2, -0.15) is 5.10 Å². The van der Waals surface area contributed by atoms with Crippen molar-refractivity contribution in [1.29, 1.82) is 0 Å². The fourth-order valence-electron chi connectivity index (χ4n) is 2.68. The average Bonchev–Trinajstić information content (AvgIpc) is 2.97. The standard InChI is InChI=1S/C19H17BrFN3O/c1-12(23-19(25)14-4-3-5-15(20)10-14)18-11-22-24(13(18)2)17-8-6-16(21)7-9-17/h3-12H,1-2H3,(H,23,25). The van der Waals surface area contributed by atoms with Gasteiger partial charge in [0.2, 0.25) is 0 Å². The predicted octanol–water partition coefficient (Wildman–Crippen LogP) is 4.57. The number of amides is 1. The number of halogens is 2. The number of aromatic nitrogens is 2. The van der Waals surface area contributed by atoms with E-state index < -0.39 is 0 Å². The molecule has 3 aromatic rings. The van der Waals surface area contributed by atoms with Crippen molar-refractivity contribution < 1.29 is 9.18 Å². The summed E-state index contributed by atoms with van der Waals surface area (Å²) < 4.78 is 15.7. The normalized spacial score (nSPS) is 12.0. The number of carbonyl (C=O) groups is 1. The van der Waals surface area contributed by atoms with Crippen LogP contribution in [0.1, 0.15) is 34.6 Å². The zero-order chi connectivity index (χ0) is 18.0. The third-order valence-electron chi connectivity index (χ3n) is 4.02. The van der Waals surface area contributed by atoms with E-state index in [1.165, 1.54) is 12.1 Å². The molecule has 2 aromatic carbocycles. The van der Waals surface area contributed by atoms with E-state index >= 15 is 0 Å². The van der Waals surface area contributed by atoms with Crippen LogP contribution in [-0.2, 0) is 0 Å². The van der Waals surface area contributed by atoms with Gasteiger partial charge in [-0.05, 0) is 56.3 Å². The summed E-state index contributed by atoms with van der Waals surface area (Å²) in [5.41, 5.74) is 3.17. The molecule has 1 N–H and O–H groups in total. The summed E-state index contributed by atoms with van der Waals surface area (Å²) in [5, 5.41) is 7.35. The summed E-state index contributed by atoms with van der Waals surface area (Å²) in [7, 11) is 0. The minimum absolute atomic E-state index is 0.150. The van der Waals surface area contributed by atoms with Crippen molar-refractivity contribution in [1.82, 2.24) is 15.1 Å². The molecule has 0 aliphatic carbocycles. The highest BCUT2D eigenvalue weighted by molar-refractivity contribution is 9.10. The highest BCUT2D eigenvalue weighted by Gasteiger charge is 2.17. The zero-order valence-electron chi connectivity index (χ0n) is 13.8. The van der Waals surface area contributed by atoms with E-state index in [4.69, 9.17) is 0 Å². The fourth-order valence-corrected chi connectivity index (χ4v) is 3.08. The molecule has 0 aliphatic rings. The molecule has 3 rings (SSSR count). The lowest BCUT2D eigenvalue weighted by atomic mass is 10.1. The Bertz CT molecular complexity index is 905. The van der Waals surface area contributed by atoms with Gasteiger partial charge in [0.25, 0.3) is 5.91 Å². The largest absolute Gasteiger partial charge is 0.345 e. The van der Waals surface area contributed by atoms with E-state index in [0.717, 1.165) is 21.4 Å². The maximum Gasteiger partial charge on any atom is 0.251 e. The van der Waals surface area contributed by atoms with Crippen LogP contribution >= 0.6 is 15.9 Å². The maximum absolute atomic E-state index is 13.1. The number of carbonyl (C=O) groups excluding carboxylic acids is 1. The van der Waals surface area contributed by atoms with Crippen LogP contribution in [0.2, 0.25) is 0 Å². The van der Waals surface area contributed by atoms with E-state index in [-0.39, 0.29) is 17.8 Å². The lowest BCUT2D eigenvalue weighted by Crippen LogP contribution is -2.26. The molecule has 128 valence electrons. The Morgan fingerprint density at radius 1 is 1.24 bits per heavy atom. The number of nitrogens with one attached hydrogen (secondary N) is 1. The monoisotopic (exact) mass is 401 g/mol. The Morgan fingerprint density at radius 2 is 1.96 bits per heavy atom. The van der Waals surface area contributed by atoms with Crippen molar-refractivity contribution in [3.8, 4) is 5.69 Å². The molecule has 6 heteroatoms. The number of benzene rings is 2. The molecule has 0 radical (unpaired) electrons. The Kier molecular flexibility index (Phi) is 4.99. The van der Waals surface area contributed by atoms with Crippen molar-refractivity contribution in [3.63, 3.8) is 0 Å². The molecule has 1 amide bonds. The van der Waals surface area contributed by atoms with Crippen LogP contribution < -0.4 is 5.32 Å². The minimum Gasteiger partial charge on any atom is -0.345 e. The predicted molar refractivity (Wildman–Crippen MR) is 98.3 cm³/mol. The van der Waals surface area contributed by atoms with Crippen LogP contribution in [0.15, 0.2) is 59.2 Å². The van der Waals surface area contributed by atoms with E-state index in [2.05, 4.69) is 26.3 Å². The van der Waals surface area contributed by atoms with Crippen molar-refractivity contribution in [2.75, 3.05) is 0 Å². The molecule has 1 unspecified atom stereocenters. The number of hydrogen-bond acceptors (Lipinski definition) is 2. The lowest BCUT2D eigenvalue weighted by molar-refractivity contribution is 0.0939. The summed E-state index contributed by atoms with van der Waals surface area (Å²) in [5.74, 6) is -0.439. The van der Waals surface area contributed by atoms with Crippen LogP contribution in [-0.4, -0.2) is 15.7 Å². The maximum atomic E-state index is 13.1. The quantitative estimate of drug-likeness (QED) is 0.695. The van der Waals surface area contributed by atoms with Gasteiger partial charge < -0.3 is 5.32 Å². The minimum atomic E-state index is -0.288. The van der Waals surface area contributed by atoms with E-state index in [0.29, 0.717) is 5.56 Å². The number of rotatable bonds is 4. The van der Waals surface area contributed by atoms with Crippen molar-refractivity contribution in [2.24, 2.45) is 0 Å². The number of hydrogen-bond donors (Lipinski definition) is 1. The van der Waals surface area contributed by atoms with Crippen LogP contribution in [0.3, 0.4) is 0 Å². The molecule has 1 atom stereocenters. The van der Waals surface area contributed by atoms with Gasteiger partial charge in [-0.25, -0.2) is 9.07 Å². The highest BCUT2D eigenvalue weighted by atomic mass is 79.9. The van der Waals surface area contributed by atoms with Crippen molar-refractivity contribution in [3.05, 3.63) is 81.8 Å². The molecular weight excluding hydrogens is 385 g/mol. The third kappa shape index (κ3) is 3.79. The van der Waals surface area contributed by atoms with E-state index in [1.807, 2.05) is 26.0 Å². The first-order valence-corrected chi connectivity index (χ1v) is 8.62. The molecule has 25 heavy (non-hydrogen) atoms. The van der Waals surface area contributed by atoms with Gasteiger partial charge in [0, 0.05) is 21.3 Å². The Labute approximate surface area is 153 Å². The van der Waals surface area contributed by atoms with Gasteiger partial charge in [0.05, 0.1) is 17.9 Å². The lowest BCUT2D eigenvalue weighted by Gasteiger charge is -2.14. The summed E-state index contributed by atoms with van der Waals surface area (Å²) >= 11 is 3.37. The Balaban J connectivity index is 1.80. The summed E-state index contributed by atoms with van der Waals surface area (Å²) in [6.07, 6.45) is 1.73. The molecule has 1 heterocycles. The Morgan fingerprint density at radius 3 is 2.64 bits per heavy atom. The second-order valence-electron chi connectivity index (χ2n) is 5.78. The van der Waals surface area contributed by atoms with Gasteiger partial charge in [0.1, 0.15) is 5.82 Å². The zero-order valence-corrected chi connectivity index (χ0v) is 15.4. The second kappa shape index (κ2) is 7.19. The molecule has 0 saturated carbocycles. The van der Waals surface area contributed by atoms with Crippen LogP contribution in [0.25, 0.3) is 5.69 Å². The summed E-state index contributed by atoms with van der Waals surface area (Å²) in [6.45, 7) is 3.84. The average molecular weight is 402 g/mol. The smallest absolute Gasteiger partial charge is 0.251 e. The van der Waals surface area contributed by atoms with Gasteiger partial charge in [-0.1, -0.05) is 22.0 Å². The van der Waals surface area contributed by atoms with Gasteiger partial charge >= 0.3 is 0 Å². The Hall–Kier alpha value is -2.47. The first-order valence-electron chi connectivity index (χ1n) is 7.82. The SMILES string of the molecule is Cc1c(C(C)NC(=O)c2cccc(Br)c2)cnn1-c1ccc(F)cc1. The molecule has 0 spiro atoms. The topological polar surface area (TPSA) is 46.9 Å². The fraction of sp³-hybridized carbons (Fsp3) is 0.158. The van der Waals surface area contributed by atoms with E-state index in [9.17, 15) is 9.18 Å². The van der Waals surface area contributed by atoms with E-state index in [1.54, 1.807) is 35.1 Å². The van der Waals surface area contributed by atoms with Crippen molar-refractivity contribution in [2.45, 2.75) is 19.9 Å². The first-order chi connectivity index (χ1) is 12.0. The molecule has 0 aliphatic heterocycles. The van der Waals surface area contributed by atoms with Gasteiger partial charge in [-0.15, -0.1) is 0 Å². The highest BCUT2D eigenvalue weighted by Crippen LogP contribution is 2.21. The molecule has 1 aromatic heterocycles. The molecule has 4 nitrogen and oxygen atoms in total.